The van der Waals surface area contributed by atoms with Crippen LogP contribution >= 0.6 is 0 Å². The lowest BCUT2D eigenvalue weighted by Crippen LogP contribution is -2.32. The minimum atomic E-state index is 0.588. The second-order valence-corrected chi connectivity index (χ2v) is 7.88. The van der Waals surface area contributed by atoms with Gasteiger partial charge in [-0.1, -0.05) is 25.3 Å². The highest BCUT2D eigenvalue weighted by molar-refractivity contribution is 5.45. The molecule has 1 fully saturated rings. The molecule has 1 aliphatic heterocycles. The van der Waals surface area contributed by atoms with E-state index >= 15 is 0 Å². The number of nitrogens with zero attached hydrogens (tertiary/aromatic N) is 5. The van der Waals surface area contributed by atoms with Gasteiger partial charge in [0.15, 0.2) is 0 Å². The van der Waals surface area contributed by atoms with Crippen molar-refractivity contribution in [3.05, 3.63) is 47.2 Å². The number of fused-ring (bicyclic) bond motifs is 1. The zero-order valence-corrected chi connectivity index (χ0v) is 16.0. The lowest BCUT2D eigenvalue weighted by molar-refractivity contribution is 0.242. The highest BCUT2D eigenvalue weighted by Gasteiger charge is 2.23. The third-order valence-electron chi connectivity index (χ3n) is 5.69. The normalized spacial score (nSPS) is 18.5. The molecule has 2 aromatic heterocycles. The molecule has 5 heteroatoms. The standard InChI is InChI=1S/C21H29N5/c1-25(2)21-17(9-6-11-22-21)14-26-12-10-19-18(15-26)13-23-20(24-19)16-7-4-3-5-8-16/h6,9,11,13,16H,3-5,7-8,10,12,14-15H2,1-2H3. The Bertz CT molecular complexity index is 752. The molecule has 0 atom stereocenters. The smallest absolute Gasteiger partial charge is 0.132 e. The molecule has 0 amide bonds. The van der Waals surface area contributed by atoms with E-state index in [0.717, 1.165) is 37.7 Å². The molecule has 26 heavy (non-hydrogen) atoms. The van der Waals surface area contributed by atoms with Crippen LogP contribution in [0.25, 0.3) is 0 Å². The summed E-state index contributed by atoms with van der Waals surface area (Å²) in [4.78, 5) is 18.8. The predicted molar refractivity (Wildman–Crippen MR) is 104 cm³/mol. The fourth-order valence-electron chi connectivity index (χ4n) is 4.28. The third kappa shape index (κ3) is 3.73. The molecule has 2 aliphatic rings. The van der Waals surface area contributed by atoms with Crippen molar-refractivity contribution in [2.75, 3.05) is 25.5 Å². The minimum absolute atomic E-state index is 0.588. The maximum absolute atomic E-state index is 4.97. The summed E-state index contributed by atoms with van der Waals surface area (Å²) in [5.41, 5.74) is 3.85. The Hall–Kier alpha value is -2.01. The van der Waals surface area contributed by atoms with Gasteiger partial charge in [-0.25, -0.2) is 15.0 Å². The summed E-state index contributed by atoms with van der Waals surface area (Å²) in [7, 11) is 4.11. The van der Waals surface area contributed by atoms with E-state index < -0.39 is 0 Å². The number of rotatable bonds is 4. The Morgan fingerprint density at radius 2 is 2.00 bits per heavy atom. The molecule has 138 valence electrons. The van der Waals surface area contributed by atoms with Gasteiger partial charge in [-0.05, 0) is 18.9 Å². The summed E-state index contributed by atoms with van der Waals surface area (Å²) in [6.45, 7) is 2.91. The summed E-state index contributed by atoms with van der Waals surface area (Å²) >= 11 is 0. The van der Waals surface area contributed by atoms with E-state index in [4.69, 9.17) is 9.97 Å². The molecule has 4 rings (SSSR count). The SMILES string of the molecule is CN(C)c1ncccc1CN1CCc2nc(C3CCCCC3)ncc2C1. The molecular formula is C21H29N5. The highest BCUT2D eigenvalue weighted by Crippen LogP contribution is 2.31. The largest absolute Gasteiger partial charge is 0.362 e. The number of anilines is 1. The van der Waals surface area contributed by atoms with Crippen LogP contribution in [0.4, 0.5) is 5.82 Å². The van der Waals surface area contributed by atoms with E-state index in [1.54, 1.807) is 0 Å². The van der Waals surface area contributed by atoms with E-state index in [1.807, 2.05) is 12.3 Å². The van der Waals surface area contributed by atoms with Crippen molar-refractivity contribution in [1.82, 2.24) is 19.9 Å². The Morgan fingerprint density at radius 1 is 1.15 bits per heavy atom. The molecule has 3 heterocycles. The Morgan fingerprint density at radius 3 is 2.81 bits per heavy atom. The van der Waals surface area contributed by atoms with Crippen LogP contribution in [0.5, 0.6) is 0 Å². The van der Waals surface area contributed by atoms with E-state index in [1.165, 1.54) is 48.9 Å². The number of hydrogen-bond donors (Lipinski definition) is 0. The van der Waals surface area contributed by atoms with Gasteiger partial charge in [0.05, 0.1) is 0 Å². The van der Waals surface area contributed by atoms with Crippen molar-refractivity contribution in [2.24, 2.45) is 0 Å². The van der Waals surface area contributed by atoms with Gasteiger partial charge in [-0.2, -0.15) is 0 Å². The molecule has 0 N–H and O–H groups in total. The van der Waals surface area contributed by atoms with Crippen LogP contribution in [0.15, 0.2) is 24.5 Å². The molecule has 0 spiro atoms. The molecule has 2 aromatic rings. The van der Waals surface area contributed by atoms with E-state index in [-0.39, 0.29) is 0 Å². The van der Waals surface area contributed by atoms with E-state index in [2.05, 4.69) is 41.1 Å². The van der Waals surface area contributed by atoms with E-state index in [0.29, 0.717) is 5.92 Å². The summed E-state index contributed by atoms with van der Waals surface area (Å²) in [5, 5.41) is 0. The van der Waals surface area contributed by atoms with Crippen molar-refractivity contribution >= 4 is 5.82 Å². The number of pyridine rings is 1. The number of aromatic nitrogens is 3. The first kappa shape index (κ1) is 17.4. The second kappa shape index (κ2) is 7.70. The molecule has 1 saturated carbocycles. The van der Waals surface area contributed by atoms with Crippen LogP contribution in [0.1, 0.15) is 60.7 Å². The van der Waals surface area contributed by atoms with Crippen molar-refractivity contribution in [3.8, 4) is 0 Å². The quantitative estimate of drug-likeness (QED) is 0.843. The predicted octanol–water partition coefficient (Wildman–Crippen LogP) is 3.54. The van der Waals surface area contributed by atoms with Crippen molar-refractivity contribution in [2.45, 2.75) is 57.5 Å². The molecule has 0 saturated heterocycles. The summed E-state index contributed by atoms with van der Waals surface area (Å²) < 4.78 is 0. The van der Waals surface area contributed by atoms with Gasteiger partial charge in [0.25, 0.3) is 0 Å². The van der Waals surface area contributed by atoms with Crippen LogP contribution in [-0.4, -0.2) is 40.5 Å². The lowest BCUT2D eigenvalue weighted by Gasteiger charge is -2.30. The Balaban J connectivity index is 1.47. The molecule has 0 aromatic carbocycles. The molecule has 0 unspecified atom stereocenters. The van der Waals surface area contributed by atoms with Crippen LogP contribution in [0, 0.1) is 0 Å². The number of hydrogen-bond acceptors (Lipinski definition) is 5. The van der Waals surface area contributed by atoms with Gasteiger partial charge in [0, 0.05) is 75.3 Å². The second-order valence-electron chi connectivity index (χ2n) is 7.88. The van der Waals surface area contributed by atoms with Gasteiger partial charge in [0.1, 0.15) is 11.6 Å². The molecule has 5 nitrogen and oxygen atoms in total. The minimum Gasteiger partial charge on any atom is -0.362 e. The molecule has 1 aliphatic carbocycles. The van der Waals surface area contributed by atoms with Crippen molar-refractivity contribution in [3.63, 3.8) is 0 Å². The van der Waals surface area contributed by atoms with Gasteiger partial charge in [-0.15, -0.1) is 0 Å². The maximum Gasteiger partial charge on any atom is 0.132 e. The highest BCUT2D eigenvalue weighted by atomic mass is 15.2. The fourth-order valence-corrected chi connectivity index (χ4v) is 4.28. The van der Waals surface area contributed by atoms with Crippen LogP contribution in [-0.2, 0) is 19.5 Å². The first-order valence-corrected chi connectivity index (χ1v) is 9.89. The molecule has 0 bridgehead atoms. The van der Waals surface area contributed by atoms with Crippen LogP contribution < -0.4 is 4.90 Å². The van der Waals surface area contributed by atoms with E-state index in [9.17, 15) is 0 Å². The summed E-state index contributed by atoms with van der Waals surface area (Å²) in [6.07, 6.45) is 11.5. The topological polar surface area (TPSA) is 45.2 Å². The lowest BCUT2D eigenvalue weighted by atomic mass is 9.88. The third-order valence-corrected chi connectivity index (χ3v) is 5.69. The zero-order chi connectivity index (χ0) is 17.9. The average molecular weight is 351 g/mol. The van der Waals surface area contributed by atoms with Gasteiger partial charge >= 0.3 is 0 Å². The average Bonchev–Trinajstić information content (AvgIpc) is 2.68. The fraction of sp³-hybridized carbons (Fsp3) is 0.571. The van der Waals surface area contributed by atoms with Crippen LogP contribution in [0.3, 0.4) is 0 Å². The monoisotopic (exact) mass is 351 g/mol. The first-order chi connectivity index (χ1) is 12.7. The van der Waals surface area contributed by atoms with Crippen molar-refractivity contribution < 1.29 is 0 Å². The van der Waals surface area contributed by atoms with Crippen molar-refractivity contribution in [1.29, 1.82) is 0 Å². The maximum atomic E-state index is 4.97. The summed E-state index contributed by atoms with van der Waals surface area (Å²) in [5.74, 6) is 2.74. The Labute approximate surface area is 156 Å². The first-order valence-electron chi connectivity index (χ1n) is 9.89. The molecular weight excluding hydrogens is 322 g/mol. The molecule has 0 radical (unpaired) electrons. The van der Waals surface area contributed by atoms with Gasteiger partial charge in [0.2, 0.25) is 0 Å². The summed E-state index contributed by atoms with van der Waals surface area (Å²) in [6, 6.07) is 4.21. The van der Waals surface area contributed by atoms with Crippen LogP contribution in [0.2, 0.25) is 0 Å². The zero-order valence-electron chi connectivity index (χ0n) is 16.0. The van der Waals surface area contributed by atoms with Gasteiger partial charge in [-0.3, -0.25) is 4.90 Å². The van der Waals surface area contributed by atoms with Gasteiger partial charge < -0.3 is 4.90 Å². The Kier molecular flexibility index (Phi) is 5.16.